The van der Waals surface area contributed by atoms with Crippen LogP contribution in [0, 0.1) is 20.8 Å². The minimum atomic E-state index is 0.900. The Labute approximate surface area is 171 Å². The molecule has 0 aliphatic heterocycles. The molecule has 0 unspecified atom stereocenters. The van der Waals surface area contributed by atoms with E-state index >= 15 is 0 Å². The molecule has 2 aromatic heterocycles. The lowest BCUT2D eigenvalue weighted by atomic mass is 9.97. The molecule has 5 rings (SSSR count). The standard InChI is InChI=1S/C27H24NO/c1-17-12-22-14-26-24-16-25(20-8-6-5-7-9-20)27(29-4)15-21(24)10-11-28(26)19(3)23(22)13-18(17)2/h5-16H,1-4H3/q+1. The molecule has 2 heterocycles. The van der Waals surface area contributed by atoms with Gasteiger partial charge in [-0.05, 0) is 59.5 Å². The van der Waals surface area contributed by atoms with Gasteiger partial charge in [0.05, 0.1) is 12.5 Å². The van der Waals surface area contributed by atoms with Crippen LogP contribution in [0.25, 0.3) is 38.2 Å². The van der Waals surface area contributed by atoms with Crippen LogP contribution in [0.3, 0.4) is 0 Å². The van der Waals surface area contributed by atoms with Gasteiger partial charge in [0.1, 0.15) is 5.75 Å². The molecule has 2 nitrogen and oxygen atoms in total. The van der Waals surface area contributed by atoms with E-state index in [1.54, 1.807) is 7.11 Å². The second-order valence-corrected chi connectivity index (χ2v) is 7.83. The highest BCUT2D eigenvalue weighted by Gasteiger charge is 2.18. The quantitative estimate of drug-likeness (QED) is 0.199. The van der Waals surface area contributed by atoms with Gasteiger partial charge in [-0.2, -0.15) is 4.40 Å². The smallest absolute Gasteiger partial charge is 0.219 e. The summed E-state index contributed by atoms with van der Waals surface area (Å²) in [4.78, 5) is 0. The van der Waals surface area contributed by atoms with E-state index < -0.39 is 0 Å². The summed E-state index contributed by atoms with van der Waals surface area (Å²) in [5.41, 5.74) is 7.42. The Bertz CT molecular complexity index is 1400. The number of rotatable bonds is 2. The zero-order valence-electron chi connectivity index (χ0n) is 17.3. The van der Waals surface area contributed by atoms with Crippen LogP contribution in [0.15, 0.2) is 72.9 Å². The number of hydrogen-bond acceptors (Lipinski definition) is 1. The predicted octanol–water partition coefficient (Wildman–Crippen LogP) is 6.33. The SMILES string of the molecule is COc1cc2cc[n+]3c(C)c4cc(C)c(C)cc4cc3c2cc1-c1ccccc1. The molecule has 0 aliphatic rings. The number of hydrogen-bond donors (Lipinski definition) is 0. The van der Waals surface area contributed by atoms with Crippen LogP contribution in [-0.4, -0.2) is 7.11 Å². The Kier molecular flexibility index (Phi) is 4.02. The zero-order valence-corrected chi connectivity index (χ0v) is 17.3. The first-order chi connectivity index (χ1) is 14.1. The number of benzene rings is 3. The van der Waals surface area contributed by atoms with Crippen LogP contribution in [0.5, 0.6) is 5.75 Å². The van der Waals surface area contributed by atoms with Gasteiger partial charge in [0, 0.05) is 30.0 Å². The van der Waals surface area contributed by atoms with Crippen molar-refractivity contribution in [1.29, 1.82) is 0 Å². The van der Waals surface area contributed by atoms with E-state index in [4.69, 9.17) is 4.74 Å². The molecule has 0 aliphatic carbocycles. The van der Waals surface area contributed by atoms with E-state index in [2.05, 4.69) is 92.0 Å². The molecule has 0 saturated heterocycles. The highest BCUT2D eigenvalue weighted by molar-refractivity contribution is 6.01. The summed E-state index contributed by atoms with van der Waals surface area (Å²) in [5, 5.41) is 5.01. The van der Waals surface area contributed by atoms with Gasteiger partial charge in [-0.25, -0.2) is 0 Å². The summed E-state index contributed by atoms with van der Waals surface area (Å²) in [6.45, 7) is 6.57. The molecular weight excluding hydrogens is 354 g/mol. The largest absolute Gasteiger partial charge is 0.496 e. The Balaban J connectivity index is 1.91. The second kappa shape index (κ2) is 6.59. The molecule has 29 heavy (non-hydrogen) atoms. The van der Waals surface area contributed by atoms with Crippen molar-refractivity contribution in [3.63, 3.8) is 0 Å². The Morgan fingerprint density at radius 1 is 0.724 bits per heavy atom. The lowest BCUT2D eigenvalue weighted by molar-refractivity contribution is -0.516. The van der Waals surface area contributed by atoms with E-state index in [9.17, 15) is 0 Å². The molecule has 0 bridgehead atoms. The maximum Gasteiger partial charge on any atom is 0.219 e. The third kappa shape index (κ3) is 2.75. The third-order valence-corrected chi connectivity index (χ3v) is 6.10. The molecular formula is C27H24NO+. The minimum Gasteiger partial charge on any atom is -0.496 e. The molecule has 0 radical (unpaired) electrons. The zero-order chi connectivity index (χ0) is 20.1. The molecule has 3 aromatic carbocycles. The lowest BCUT2D eigenvalue weighted by Gasteiger charge is -2.12. The highest BCUT2D eigenvalue weighted by atomic mass is 16.5. The highest BCUT2D eigenvalue weighted by Crippen LogP contribution is 2.35. The molecule has 142 valence electrons. The minimum absolute atomic E-state index is 0.900. The van der Waals surface area contributed by atoms with Crippen molar-refractivity contribution in [3.05, 3.63) is 89.7 Å². The summed E-state index contributed by atoms with van der Waals surface area (Å²) in [6.07, 6.45) is 2.17. The predicted molar refractivity (Wildman–Crippen MR) is 121 cm³/mol. The van der Waals surface area contributed by atoms with E-state index in [1.807, 2.05) is 6.07 Å². The number of methoxy groups -OCH3 is 1. The van der Waals surface area contributed by atoms with Gasteiger partial charge < -0.3 is 4.74 Å². The number of aromatic nitrogens is 1. The molecule has 0 N–H and O–H groups in total. The fourth-order valence-corrected chi connectivity index (χ4v) is 4.32. The van der Waals surface area contributed by atoms with Gasteiger partial charge in [-0.15, -0.1) is 0 Å². The Morgan fingerprint density at radius 2 is 1.48 bits per heavy atom. The topological polar surface area (TPSA) is 13.3 Å². The van der Waals surface area contributed by atoms with Crippen molar-refractivity contribution in [3.8, 4) is 16.9 Å². The van der Waals surface area contributed by atoms with Gasteiger partial charge in [-0.3, -0.25) is 0 Å². The average Bonchev–Trinajstić information content (AvgIpc) is 2.75. The number of pyridine rings is 2. The van der Waals surface area contributed by atoms with Crippen LogP contribution in [0.1, 0.15) is 16.8 Å². The lowest BCUT2D eigenvalue weighted by Crippen LogP contribution is -2.25. The summed E-state index contributed by atoms with van der Waals surface area (Å²) >= 11 is 0. The van der Waals surface area contributed by atoms with Gasteiger partial charge in [0.2, 0.25) is 5.52 Å². The number of ether oxygens (including phenoxy) is 1. The number of fused-ring (bicyclic) bond motifs is 4. The summed E-state index contributed by atoms with van der Waals surface area (Å²) in [6, 6.07) is 24.0. The average molecular weight is 378 g/mol. The fourth-order valence-electron chi connectivity index (χ4n) is 4.32. The van der Waals surface area contributed by atoms with E-state index in [-0.39, 0.29) is 0 Å². The van der Waals surface area contributed by atoms with E-state index in [0.717, 1.165) is 16.9 Å². The maximum absolute atomic E-state index is 5.74. The van der Waals surface area contributed by atoms with Crippen LogP contribution in [0.2, 0.25) is 0 Å². The molecule has 0 saturated carbocycles. The van der Waals surface area contributed by atoms with Crippen molar-refractivity contribution in [2.24, 2.45) is 0 Å². The Morgan fingerprint density at radius 3 is 2.24 bits per heavy atom. The second-order valence-electron chi connectivity index (χ2n) is 7.83. The van der Waals surface area contributed by atoms with Crippen LogP contribution in [0.4, 0.5) is 0 Å². The van der Waals surface area contributed by atoms with Crippen molar-refractivity contribution in [1.82, 2.24) is 0 Å². The monoisotopic (exact) mass is 378 g/mol. The summed E-state index contributed by atoms with van der Waals surface area (Å²) in [5.74, 6) is 0.900. The molecule has 0 atom stereocenters. The van der Waals surface area contributed by atoms with Gasteiger partial charge in [0.15, 0.2) is 11.9 Å². The van der Waals surface area contributed by atoms with Crippen molar-refractivity contribution in [2.45, 2.75) is 20.8 Å². The Hall–Kier alpha value is -3.39. The first kappa shape index (κ1) is 17.7. The summed E-state index contributed by atoms with van der Waals surface area (Å²) < 4.78 is 8.04. The van der Waals surface area contributed by atoms with Crippen molar-refractivity contribution in [2.75, 3.05) is 7.11 Å². The first-order valence-electron chi connectivity index (χ1n) is 9.99. The van der Waals surface area contributed by atoms with E-state index in [1.165, 1.54) is 43.9 Å². The van der Waals surface area contributed by atoms with Gasteiger partial charge >= 0.3 is 0 Å². The number of aryl methyl sites for hydroxylation is 3. The van der Waals surface area contributed by atoms with Crippen molar-refractivity contribution >= 4 is 27.1 Å². The van der Waals surface area contributed by atoms with Crippen LogP contribution in [-0.2, 0) is 0 Å². The summed E-state index contributed by atoms with van der Waals surface area (Å²) in [7, 11) is 1.74. The first-order valence-corrected chi connectivity index (χ1v) is 9.99. The van der Waals surface area contributed by atoms with E-state index in [0.29, 0.717) is 0 Å². The van der Waals surface area contributed by atoms with Crippen molar-refractivity contribution < 1.29 is 9.14 Å². The maximum atomic E-state index is 5.74. The molecule has 0 spiro atoms. The van der Waals surface area contributed by atoms with Gasteiger partial charge in [-0.1, -0.05) is 36.4 Å². The van der Waals surface area contributed by atoms with Crippen LogP contribution >= 0.6 is 0 Å². The normalized spacial score (nSPS) is 11.4. The molecule has 2 heteroatoms. The third-order valence-electron chi connectivity index (χ3n) is 6.10. The fraction of sp³-hybridized carbons (Fsp3) is 0.148. The van der Waals surface area contributed by atoms with Gasteiger partial charge in [0.25, 0.3) is 0 Å². The molecule has 0 fully saturated rings. The number of nitrogens with zero attached hydrogens (tertiary/aromatic N) is 1. The molecule has 0 amide bonds. The van der Waals surface area contributed by atoms with Crippen LogP contribution < -0.4 is 9.14 Å². The molecule has 5 aromatic rings.